The van der Waals surface area contributed by atoms with Crippen molar-refractivity contribution in [2.75, 3.05) is 18.8 Å². The minimum atomic E-state index is -0.881. The maximum absolute atomic E-state index is 12.5. The van der Waals surface area contributed by atoms with Gasteiger partial charge in [0.15, 0.2) is 5.16 Å². The zero-order valence-corrected chi connectivity index (χ0v) is 17.0. The number of carboxylic acid groups (broad SMARTS) is 1. The summed E-state index contributed by atoms with van der Waals surface area (Å²) in [4.78, 5) is 34.5. The van der Waals surface area contributed by atoms with Crippen LogP contribution in [0, 0.1) is 19.8 Å². The van der Waals surface area contributed by atoms with Gasteiger partial charge in [0.05, 0.1) is 11.3 Å². The normalized spacial score (nSPS) is 14.9. The molecule has 6 nitrogen and oxygen atoms in total. The van der Waals surface area contributed by atoms with Crippen LogP contribution in [0.1, 0.15) is 40.2 Å². The second-order valence-electron chi connectivity index (χ2n) is 7.21. The van der Waals surface area contributed by atoms with Gasteiger partial charge in [-0.2, -0.15) is 0 Å². The van der Waals surface area contributed by atoms with E-state index in [1.807, 2.05) is 36.9 Å². The molecule has 3 rings (SSSR count). The molecule has 1 N–H and O–H groups in total. The molecular formula is C21H25N3O3S. The minimum Gasteiger partial charge on any atom is -0.478 e. The van der Waals surface area contributed by atoms with E-state index in [9.17, 15) is 14.7 Å². The summed E-state index contributed by atoms with van der Waals surface area (Å²) in [5.41, 5.74) is 3.07. The van der Waals surface area contributed by atoms with Gasteiger partial charge in [0.2, 0.25) is 5.91 Å². The molecule has 2 heterocycles. The quantitative estimate of drug-likeness (QED) is 0.592. The van der Waals surface area contributed by atoms with Gasteiger partial charge in [-0.1, -0.05) is 30.0 Å². The SMILES string of the molecule is Cc1cc(C)nc(SCC(=O)N2CCC(Cc3ccccc3C(=O)O)CC2)n1. The number of hydrogen-bond donors (Lipinski definition) is 1. The van der Waals surface area contributed by atoms with Crippen molar-refractivity contribution >= 4 is 23.6 Å². The lowest BCUT2D eigenvalue weighted by Crippen LogP contribution is -2.40. The summed E-state index contributed by atoms with van der Waals surface area (Å²) in [5, 5.41) is 9.98. The van der Waals surface area contributed by atoms with Crippen molar-refractivity contribution < 1.29 is 14.7 Å². The summed E-state index contributed by atoms with van der Waals surface area (Å²) in [6.45, 7) is 5.28. The highest BCUT2D eigenvalue weighted by Gasteiger charge is 2.24. The number of rotatable bonds is 6. The Labute approximate surface area is 169 Å². The van der Waals surface area contributed by atoms with E-state index in [-0.39, 0.29) is 5.91 Å². The van der Waals surface area contributed by atoms with Crippen LogP contribution in [0.4, 0.5) is 0 Å². The largest absolute Gasteiger partial charge is 0.478 e. The Morgan fingerprint density at radius 1 is 1.14 bits per heavy atom. The number of carboxylic acids is 1. The Balaban J connectivity index is 1.49. The topological polar surface area (TPSA) is 83.4 Å². The molecule has 0 radical (unpaired) electrons. The van der Waals surface area contributed by atoms with Crippen LogP contribution in [0.15, 0.2) is 35.5 Å². The van der Waals surface area contributed by atoms with Crippen LogP contribution < -0.4 is 0 Å². The number of likely N-dealkylation sites (tertiary alicyclic amines) is 1. The lowest BCUT2D eigenvalue weighted by Gasteiger charge is -2.32. The average Bonchev–Trinajstić information content (AvgIpc) is 2.66. The number of amides is 1. The van der Waals surface area contributed by atoms with E-state index >= 15 is 0 Å². The van der Waals surface area contributed by atoms with E-state index in [1.54, 1.807) is 12.1 Å². The number of nitrogens with zero attached hydrogens (tertiary/aromatic N) is 3. The van der Waals surface area contributed by atoms with E-state index in [2.05, 4.69) is 9.97 Å². The lowest BCUT2D eigenvalue weighted by atomic mass is 9.88. The van der Waals surface area contributed by atoms with Crippen molar-refractivity contribution in [3.05, 3.63) is 52.8 Å². The molecule has 0 saturated carbocycles. The number of aryl methyl sites for hydroxylation is 2. The average molecular weight is 400 g/mol. The Kier molecular flexibility index (Phi) is 6.67. The molecule has 0 aliphatic carbocycles. The van der Waals surface area contributed by atoms with Gasteiger partial charge in [-0.25, -0.2) is 14.8 Å². The second-order valence-corrected chi connectivity index (χ2v) is 8.16. The molecule has 0 unspecified atom stereocenters. The van der Waals surface area contributed by atoms with E-state index in [1.165, 1.54) is 11.8 Å². The zero-order valence-electron chi connectivity index (χ0n) is 16.2. The summed E-state index contributed by atoms with van der Waals surface area (Å²) >= 11 is 1.38. The van der Waals surface area contributed by atoms with Gasteiger partial charge in [-0.05, 0) is 56.7 Å². The van der Waals surface area contributed by atoms with Crippen LogP contribution >= 0.6 is 11.8 Å². The number of carbonyl (C=O) groups excluding carboxylic acids is 1. The Hall–Kier alpha value is -2.41. The van der Waals surface area contributed by atoms with Crippen LogP contribution in [-0.4, -0.2) is 50.7 Å². The molecular weight excluding hydrogens is 374 g/mol. The first-order chi connectivity index (χ1) is 13.4. The smallest absolute Gasteiger partial charge is 0.335 e. The minimum absolute atomic E-state index is 0.108. The summed E-state index contributed by atoms with van der Waals surface area (Å²) in [7, 11) is 0. The van der Waals surface area contributed by atoms with Crippen LogP contribution in [-0.2, 0) is 11.2 Å². The fourth-order valence-corrected chi connectivity index (χ4v) is 4.43. The lowest BCUT2D eigenvalue weighted by molar-refractivity contribution is -0.129. The molecule has 7 heteroatoms. The number of benzene rings is 1. The summed E-state index contributed by atoms with van der Waals surface area (Å²) < 4.78 is 0. The van der Waals surface area contributed by atoms with Gasteiger partial charge >= 0.3 is 5.97 Å². The first-order valence-electron chi connectivity index (χ1n) is 9.46. The second kappa shape index (κ2) is 9.19. The predicted octanol–water partition coefficient (Wildman–Crippen LogP) is 3.37. The summed E-state index contributed by atoms with van der Waals surface area (Å²) in [5.74, 6) is -0.0268. The highest BCUT2D eigenvalue weighted by Crippen LogP contribution is 2.24. The molecule has 1 saturated heterocycles. The van der Waals surface area contributed by atoms with Gasteiger partial charge in [0.25, 0.3) is 0 Å². The molecule has 1 aliphatic rings. The summed E-state index contributed by atoms with van der Waals surface area (Å²) in [6.07, 6.45) is 2.53. The molecule has 1 aromatic carbocycles. The molecule has 0 spiro atoms. The molecule has 2 aromatic rings. The highest BCUT2D eigenvalue weighted by molar-refractivity contribution is 7.99. The number of piperidine rings is 1. The molecule has 0 bridgehead atoms. The Morgan fingerprint density at radius 2 is 1.79 bits per heavy atom. The first-order valence-corrected chi connectivity index (χ1v) is 10.4. The number of aromatic carboxylic acids is 1. The molecule has 1 aromatic heterocycles. The van der Waals surface area contributed by atoms with Gasteiger partial charge < -0.3 is 10.0 Å². The maximum Gasteiger partial charge on any atom is 0.335 e. The van der Waals surface area contributed by atoms with Gasteiger partial charge in [0.1, 0.15) is 0 Å². The maximum atomic E-state index is 12.5. The number of aromatic nitrogens is 2. The van der Waals surface area contributed by atoms with Crippen LogP contribution in [0.5, 0.6) is 0 Å². The van der Waals surface area contributed by atoms with Gasteiger partial charge in [-0.15, -0.1) is 0 Å². The zero-order chi connectivity index (χ0) is 20.1. The first kappa shape index (κ1) is 20.3. The van der Waals surface area contributed by atoms with E-state index in [0.29, 0.717) is 35.5 Å². The molecule has 148 valence electrons. The third-order valence-electron chi connectivity index (χ3n) is 5.01. The monoisotopic (exact) mass is 399 g/mol. The Bertz CT molecular complexity index is 843. The van der Waals surface area contributed by atoms with Crippen LogP contribution in [0.3, 0.4) is 0 Å². The van der Waals surface area contributed by atoms with Crippen molar-refractivity contribution in [3.63, 3.8) is 0 Å². The van der Waals surface area contributed by atoms with Crippen molar-refractivity contribution in [2.24, 2.45) is 5.92 Å². The van der Waals surface area contributed by atoms with E-state index < -0.39 is 5.97 Å². The number of carbonyl (C=O) groups is 2. The van der Waals surface area contributed by atoms with Crippen LogP contribution in [0.25, 0.3) is 0 Å². The van der Waals surface area contributed by atoms with Gasteiger partial charge in [0, 0.05) is 24.5 Å². The van der Waals surface area contributed by atoms with Crippen LogP contribution in [0.2, 0.25) is 0 Å². The predicted molar refractivity (Wildman–Crippen MR) is 109 cm³/mol. The molecule has 1 fully saturated rings. The third-order valence-corrected chi connectivity index (χ3v) is 5.84. The van der Waals surface area contributed by atoms with E-state index in [0.717, 1.165) is 36.2 Å². The summed E-state index contributed by atoms with van der Waals surface area (Å²) in [6, 6.07) is 9.10. The highest BCUT2D eigenvalue weighted by atomic mass is 32.2. The van der Waals surface area contributed by atoms with Crippen molar-refractivity contribution in [3.8, 4) is 0 Å². The van der Waals surface area contributed by atoms with Crippen molar-refractivity contribution in [1.82, 2.24) is 14.9 Å². The third kappa shape index (κ3) is 5.32. The number of thioether (sulfide) groups is 1. The molecule has 1 amide bonds. The molecule has 28 heavy (non-hydrogen) atoms. The standard InChI is InChI=1S/C21H25N3O3S/c1-14-11-15(2)23-21(22-14)28-13-19(25)24-9-7-16(8-10-24)12-17-5-3-4-6-18(17)20(26)27/h3-6,11,16H,7-10,12-13H2,1-2H3,(H,26,27). The fourth-order valence-electron chi connectivity index (χ4n) is 3.58. The number of hydrogen-bond acceptors (Lipinski definition) is 5. The van der Waals surface area contributed by atoms with E-state index in [4.69, 9.17) is 0 Å². The Morgan fingerprint density at radius 3 is 2.43 bits per heavy atom. The molecule has 1 aliphatic heterocycles. The van der Waals surface area contributed by atoms with Gasteiger partial charge in [-0.3, -0.25) is 4.79 Å². The fraction of sp³-hybridized carbons (Fsp3) is 0.429. The molecule has 0 atom stereocenters. The van der Waals surface area contributed by atoms with Crippen molar-refractivity contribution in [1.29, 1.82) is 0 Å². The van der Waals surface area contributed by atoms with Crippen molar-refractivity contribution in [2.45, 2.75) is 38.3 Å².